The summed E-state index contributed by atoms with van der Waals surface area (Å²) in [6, 6.07) is 0. The third-order valence-electron chi connectivity index (χ3n) is 1.41. The highest BCUT2D eigenvalue weighted by Crippen LogP contribution is 2.05. The molecule has 0 saturated carbocycles. The Morgan fingerprint density at radius 3 is 2.36 bits per heavy atom. The van der Waals surface area contributed by atoms with E-state index in [1.165, 1.54) is 6.92 Å². The molecule has 0 aromatic heterocycles. The van der Waals surface area contributed by atoms with Gasteiger partial charge in [0.1, 0.15) is 0 Å². The van der Waals surface area contributed by atoms with Crippen LogP contribution in [0.25, 0.3) is 0 Å². The number of hydrogen-bond acceptors (Lipinski definition) is 3. The smallest absolute Gasteiger partial charge is 0.157 e. The Morgan fingerprint density at radius 2 is 1.91 bits per heavy atom. The lowest BCUT2D eigenvalue weighted by Gasteiger charge is -2.13. The second kappa shape index (κ2) is 6.58. The summed E-state index contributed by atoms with van der Waals surface area (Å²) in [5.74, 6) is 0. The molecule has 0 aromatic carbocycles. The van der Waals surface area contributed by atoms with Crippen LogP contribution in [0, 0.1) is 0 Å². The van der Waals surface area contributed by atoms with Crippen molar-refractivity contribution in [1.29, 1.82) is 0 Å². The minimum absolute atomic E-state index is 0.610. The van der Waals surface area contributed by atoms with E-state index in [0.717, 1.165) is 19.3 Å². The quantitative estimate of drug-likeness (QED) is 0.456. The van der Waals surface area contributed by atoms with Crippen LogP contribution in [-0.2, 0) is 4.74 Å². The van der Waals surface area contributed by atoms with E-state index < -0.39 is 12.6 Å². The number of aliphatic hydroxyl groups excluding tert-OH is 2. The maximum Gasteiger partial charge on any atom is 0.157 e. The summed E-state index contributed by atoms with van der Waals surface area (Å²) >= 11 is 0. The SMILES string of the molecule is CCCCCC(O)OC(C)O. The molecule has 0 aliphatic carbocycles. The summed E-state index contributed by atoms with van der Waals surface area (Å²) in [6.07, 6.45) is 2.11. The first-order chi connectivity index (χ1) is 5.16. The fourth-order valence-corrected chi connectivity index (χ4v) is 0.864. The van der Waals surface area contributed by atoms with Crippen LogP contribution < -0.4 is 0 Å². The number of rotatable bonds is 6. The summed E-state index contributed by atoms with van der Waals surface area (Å²) in [6.45, 7) is 3.59. The molecule has 11 heavy (non-hydrogen) atoms. The molecular weight excluding hydrogens is 144 g/mol. The van der Waals surface area contributed by atoms with E-state index in [-0.39, 0.29) is 0 Å². The summed E-state index contributed by atoms with van der Waals surface area (Å²) in [4.78, 5) is 0. The average molecular weight is 162 g/mol. The van der Waals surface area contributed by atoms with Crippen LogP contribution in [0.5, 0.6) is 0 Å². The molecule has 0 heterocycles. The predicted molar refractivity (Wildman–Crippen MR) is 42.9 cm³/mol. The van der Waals surface area contributed by atoms with Gasteiger partial charge in [-0.15, -0.1) is 0 Å². The second-order valence-corrected chi connectivity index (χ2v) is 2.69. The molecule has 3 nitrogen and oxygen atoms in total. The normalized spacial score (nSPS) is 16.4. The van der Waals surface area contributed by atoms with E-state index in [9.17, 15) is 0 Å². The van der Waals surface area contributed by atoms with Crippen molar-refractivity contribution in [3.63, 3.8) is 0 Å². The zero-order chi connectivity index (χ0) is 8.69. The topological polar surface area (TPSA) is 49.7 Å². The van der Waals surface area contributed by atoms with Crippen LogP contribution in [0.3, 0.4) is 0 Å². The fourth-order valence-electron chi connectivity index (χ4n) is 0.864. The Hall–Kier alpha value is -0.120. The van der Waals surface area contributed by atoms with Crippen molar-refractivity contribution in [3.8, 4) is 0 Å². The van der Waals surface area contributed by atoms with Crippen molar-refractivity contribution in [2.75, 3.05) is 0 Å². The molecular formula is C8H18O3. The Labute approximate surface area is 68.0 Å². The first kappa shape index (κ1) is 10.9. The lowest BCUT2D eigenvalue weighted by atomic mass is 10.2. The lowest BCUT2D eigenvalue weighted by Crippen LogP contribution is -2.18. The summed E-state index contributed by atoms with van der Waals surface area (Å²) in [5.41, 5.74) is 0. The molecule has 0 spiro atoms. The van der Waals surface area contributed by atoms with Crippen molar-refractivity contribution in [1.82, 2.24) is 0 Å². The Morgan fingerprint density at radius 1 is 1.27 bits per heavy atom. The average Bonchev–Trinajstić information content (AvgIpc) is 1.86. The molecule has 0 aromatic rings. The van der Waals surface area contributed by atoms with E-state index in [2.05, 4.69) is 6.92 Å². The van der Waals surface area contributed by atoms with Crippen LogP contribution in [0.15, 0.2) is 0 Å². The van der Waals surface area contributed by atoms with Gasteiger partial charge in [-0.05, 0) is 19.8 Å². The van der Waals surface area contributed by atoms with Gasteiger partial charge in [0.2, 0.25) is 0 Å². The van der Waals surface area contributed by atoms with E-state index in [1.807, 2.05) is 0 Å². The van der Waals surface area contributed by atoms with Gasteiger partial charge in [-0.1, -0.05) is 19.8 Å². The Kier molecular flexibility index (Phi) is 6.51. The Balaban J connectivity index is 3.15. The number of aliphatic hydroxyl groups is 2. The van der Waals surface area contributed by atoms with Gasteiger partial charge in [0.25, 0.3) is 0 Å². The second-order valence-electron chi connectivity index (χ2n) is 2.69. The van der Waals surface area contributed by atoms with Crippen LogP contribution in [0.1, 0.15) is 39.5 Å². The highest BCUT2D eigenvalue weighted by Gasteiger charge is 2.05. The highest BCUT2D eigenvalue weighted by molar-refractivity contribution is 4.44. The van der Waals surface area contributed by atoms with Crippen LogP contribution in [0.2, 0.25) is 0 Å². The van der Waals surface area contributed by atoms with E-state index in [0.29, 0.717) is 6.42 Å². The predicted octanol–water partition coefficient (Wildman–Crippen LogP) is 1.24. The molecule has 0 aliphatic heterocycles. The maximum absolute atomic E-state index is 9.06. The van der Waals surface area contributed by atoms with Crippen molar-refractivity contribution < 1.29 is 14.9 Å². The molecule has 0 saturated heterocycles. The van der Waals surface area contributed by atoms with Crippen molar-refractivity contribution in [2.24, 2.45) is 0 Å². The molecule has 68 valence electrons. The number of unbranched alkanes of at least 4 members (excludes halogenated alkanes) is 2. The number of ether oxygens (including phenoxy) is 1. The zero-order valence-corrected chi connectivity index (χ0v) is 7.29. The van der Waals surface area contributed by atoms with E-state index >= 15 is 0 Å². The van der Waals surface area contributed by atoms with Gasteiger partial charge in [-0.3, -0.25) is 0 Å². The van der Waals surface area contributed by atoms with Gasteiger partial charge in [0, 0.05) is 0 Å². The van der Waals surface area contributed by atoms with E-state index in [1.54, 1.807) is 0 Å². The lowest BCUT2D eigenvalue weighted by molar-refractivity contribution is -0.201. The van der Waals surface area contributed by atoms with Gasteiger partial charge >= 0.3 is 0 Å². The summed E-state index contributed by atoms with van der Waals surface area (Å²) in [5, 5.41) is 17.8. The van der Waals surface area contributed by atoms with E-state index in [4.69, 9.17) is 14.9 Å². The van der Waals surface area contributed by atoms with Crippen molar-refractivity contribution in [2.45, 2.75) is 52.1 Å². The number of hydrogen-bond donors (Lipinski definition) is 2. The molecule has 0 rings (SSSR count). The first-order valence-electron chi connectivity index (χ1n) is 4.18. The molecule has 2 N–H and O–H groups in total. The molecule has 2 atom stereocenters. The van der Waals surface area contributed by atoms with Crippen molar-refractivity contribution in [3.05, 3.63) is 0 Å². The monoisotopic (exact) mass is 162 g/mol. The molecule has 0 fully saturated rings. The third kappa shape index (κ3) is 7.78. The third-order valence-corrected chi connectivity index (χ3v) is 1.41. The molecule has 0 aliphatic rings. The van der Waals surface area contributed by atoms with Gasteiger partial charge in [-0.2, -0.15) is 0 Å². The van der Waals surface area contributed by atoms with Gasteiger partial charge < -0.3 is 14.9 Å². The minimum atomic E-state index is -0.869. The zero-order valence-electron chi connectivity index (χ0n) is 7.29. The molecule has 2 unspecified atom stereocenters. The first-order valence-corrected chi connectivity index (χ1v) is 4.18. The van der Waals surface area contributed by atoms with Gasteiger partial charge in [0.05, 0.1) is 0 Å². The maximum atomic E-state index is 9.06. The van der Waals surface area contributed by atoms with Crippen molar-refractivity contribution >= 4 is 0 Å². The van der Waals surface area contributed by atoms with Gasteiger partial charge in [0.15, 0.2) is 12.6 Å². The van der Waals surface area contributed by atoms with Gasteiger partial charge in [-0.25, -0.2) is 0 Å². The van der Waals surface area contributed by atoms with Crippen LogP contribution in [-0.4, -0.2) is 22.8 Å². The summed E-state index contributed by atoms with van der Waals surface area (Å²) < 4.78 is 4.71. The Bertz CT molecular complexity index is 83.4. The molecule has 0 radical (unpaired) electrons. The largest absolute Gasteiger partial charge is 0.368 e. The summed E-state index contributed by atoms with van der Waals surface area (Å²) in [7, 11) is 0. The minimum Gasteiger partial charge on any atom is -0.368 e. The fraction of sp³-hybridized carbons (Fsp3) is 1.00. The molecule has 0 amide bonds. The standard InChI is InChI=1S/C8H18O3/c1-3-4-5-6-8(10)11-7(2)9/h7-10H,3-6H2,1-2H3. The molecule has 0 bridgehead atoms. The van der Waals surface area contributed by atoms with Crippen LogP contribution in [0.4, 0.5) is 0 Å². The molecule has 3 heteroatoms. The van der Waals surface area contributed by atoms with Crippen LogP contribution >= 0.6 is 0 Å². The highest BCUT2D eigenvalue weighted by atomic mass is 16.7.